The fraction of sp³-hybridized carbons (Fsp3) is 0.346. The van der Waals surface area contributed by atoms with Crippen LogP contribution in [0.5, 0.6) is 0 Å². The highest BCUT2D eigenvalue weighted by Crippen LogP contribution is 2.31. The third-order valence-electron chi connectivity index (χ3n) is 6.47. The number of carbonyl (C=O) groups is 5. The van der Waals surface area contributed by atoms with Crippen LogP contribution in [0.1, 0.15) is 53.3 Å². The van der Waals surface area contributed by atoms with Crippen molar-refractivity contribution in [2.24, 2.45) is 11.7 Å². The number of nitrogens with two attached hydrogens (primary N) is 1. The molecule has 1 aliphatic carbocycles. The number of anilines is 1. The van der Waals surface area contributed by atoms with Crippen LogP contribution in [0, 0.1) is 11.7 Å². The van der Waals surface area contributed by atoms with Crippen molar-refractivity contribution in [2.75, 3.05) is 4.90 Å². The van der Waals surface area contributed by atoms with Gasteiger partial charge in [-0.1, -0.05) is 23.7 Å². The lowest BCUT2D eigenvalue weighted by molar-refractivity contribution is -0.139. The number of hydrogen-bond acceptors (Lipinski definition) is 5. The molecular formula is C26H26ClFN4O5. The van der Waals surface area contributed by atoms with E-state index < -0.39 is 41.3 Å². The molecule has 37 heavy (non-hydrogen) atoms. The number of primary amides is 1. The zero-order chi connectivity index (χ0) is 26.9. The molecule has 0 unspecified atom stereocenters. The molecular weight excluding hydrogens is 503 g/mol. The molecule has 0 spiro atoms. The van der Waals surface area contributed by atoms with Gasteiger partial charge in [-0.25, -0.2) is 4.39 Å². The number of halogens is 2. The van der Waals surface area contributed by atoms with E-state index in [2.05, 4.69) is 10.6 Å². The number of para-hydroxylation sites is 1. The van der Waals surface area contributed by atoms with Gasteiger partial charge in [-0.05, 0) is 62.9 Å². The molecule has 3 atom stereocenters. The summed E-state index contributed by atoms with van der Waals surface area (Å²) in [6.45, 7) is 1.80. The molecule has 2 aliphatic rings. The molecule has 2 fully saturated rings. The predicted molar refractivity (Wildman–Crippen MR) is 133 cm³/mol. The SMILES string of the molecule is C[C@@H]1C[C@@H](C[C@@H](C(=O)C(=O)NC2CC2)N(C(=O)c2ccc(Cl)c(F)c2)c2ccccc2C(N)=O)C(=O)N1. The summed E-state index contributed by atoms with van der Waals surface area (Å²) in [5.41, 5.74) is 5.26. The van der Waals surface area contributed by atoms with Crippen LogP contribution in [-0.2, 0) is 14.4 Å². The Morgan fingerprint density at radius 1 is 1.19 bits per heavy atom. The Balaban J connectivity index is 1.84. The van der Waals surface area contributed by atoms with Crippen LogP contribution >= 0.6 is 11.6 Å². The number of nitrogens with one attached hydrogen (secondary N) is 2. The second kappa shape index (κ2) is 10.7. The molecule has 4 rings (SSSR count). The normalized spacial score (nSPS) is 19.6. The molecule has 2 aromatic rings. The van der Waals surface area contributed by atoms with E-state index in [1.165, 1.54) is 36.4 Å². The van der Waals surface area contributed by atoms with Crippen LogP contribution in [0.4, 0.5) is 10.1 Å². The summed E-state index contributed by atoms with van der Waals surface area (Å²) < 4.78 is 14.3. The Hall–Kier alpha value is -3.79. The highest BCUT2D eigenvalue weighted by atomic mass is 35.5. The van der Waals surface area contributed by atoms with E-state index in [1.807, 2.05) is 0 Å². The Morgan fingerprint density at radius 3 is 2.49 bits per heavy atom. The quantitative estimate of drug-likeness (QED) is 0.429. The van der Waals surface area contributed by atoms with E-state index in [-0.39, 0.29) is 46.2 Å². The maximum atomic E-state index is 14.3. The maximum Gasteiger partial charge on any atom is 0.289 e. The standard InChI is InChI=1S/C26H26ClFN4O5/c1-13-10-15(24(35)30-13)12-21(22(33)25(36)31-16-7-8-16)32(20-5-3-2-4-17(20)23(29)34)26(37)14-6-9-18(27)19(28)11-14/h2-6,9,11,13,15-16,21H,7-8,10,12H2,1H3,(H2,29,34)(H,30,35)(H,31,36)/t13-,15+,21+/m1/s1. The minimum atomic E-state index is -1.48. The van der Waals surface area contributed by atoms with Crippen molar-refractivity contribution >= 4 is 46.7 Å². The largest absolute Gasteiger partial charge is 0.366 e. The van der Waals surface area contributed by atoms with Crippen molar-refractivity contribution in [3.8, 4) is 0 Å². The number of carbonyl (C=O) groups excluding carboxylic acids is 5. The van der Waals surface area contributed by atoms with Crippen molar-refractivity contribution in [2.45, 2.75) is 50.7 Å². The van der Waals surface area contributed by atoms with Crippen LogP contribution in [0.25, 0.3) is 0 Å². The highest BCUT2D eigenvalue weighted by molar-refractivity contribution is 6.40. The van der Waals surface area contributed by atoms with Crippen molar-refractivity contribution in [1.82, 2.24) is 10.6 Å². The van der Waals surface area contributed by atoms with Gasteiger partial charge in [-0.2, -0.15) is 0 Å². The van der Waals surface area contributed by atoms with E-state index >= 15 is 0 Å². The molecule has 1 saturated carbocycles. The number of ketones is 1. The minimum absolute atomic E-state index is 0.0422. The first kappa shape index (κ1) is 26.3. The first-order valence-corrected chi connectivity index (χ1v) is 12.3. The van der Waals surface area contributed by atoms with E-state index in [0.29, 0.717) is 6.42 Å². The molecule has 1 aliphatic heterocycles. The number of amides is 4. The third-order valence-corrected chi connectivity index (χ3v) is 6.78. The molecule has 0 bridgehead atoms. The average molecular weight is 529 g/mol. The average Bonchev–Trinajstić information content (AvgIpc) is 3.61. The Bertz CT molecular complexity index is 1280. The second-order valence-electron chi connectivity index (χ2n) is 9.39. The van der Waals surface area contributed by atoms with E-state index in [9.17, 15) is 28.4 Å². The topological polar surface area (TPSA) is 139 Å². The van der Waals surface area contributed by atoms with Crippen LogP contribution in [0.2, 0.25) is 5.02 Å². The van der Waals surface area contributed by atoms with Crippen molar-refractivity contribution in [3.63, 3.8) is 0 Å². The molecule has 11 heteroatoms. The van der Waals surface area contributed by atoms with Crippen LogP contribution < -0.4 is 21.3 Å². The zero-order valence-corrected chi connectivity index (χ0v) is 20.8. The summed E-state index contributed by atoms with van der Waals surface area (Å²) in [6.07, 6.45) is 1.64. The molecule has 194 valence electrons. The van der Waals surface area contributed by atoms with Gasteiger partial charge in [0.15, 0.2) is 0 Å². The van der Waals surface area contributed by atoms with Gasteiger partial charge in [0.05, 0.1) is 16.3 Å². The monoisotopic (exact) mass is 528 g/mol. The van der Waals surface area contributed by atoms with Crippen LogP contribution in [-0.4, -0.2) is 47.5 Å². The fourth-order valence-corrected chi connectivity index (χ4v) is 4.59. The van der Waals surface area contributed by atoms with E-state index in [4.69, 9.17) is 17.3 Å². The van der Waals surface area contributed by atoms with E-state index in [1.54, 1.807) is 6.92 Å². The van der Waals surface area contributed by atoms with Gasteiger partial charge in [0, 0.05) is 23.6 Å². The molecule has 1 saturated heterocycles. The lowest BCUT2D eigenvalue weighted by atomic mass is 9.91. The summed E-state index contributed by atoms with van der Waals surface area (Å²) in [4.78, 5) is 66.2. The number of hydrogen-bond donors (Lipinski definition) is 3. The Labute approximate surface area is 217 Å². The van der Waals surface area contributed by atoms with Gasteiger partial charge < -0.3 is 16.4 Å². The molecule has 2 aromatic carbocycles. The third kappa shape index (κ3) is 5.80. The molecule has 0 radical (unpaired) electrons. The first-order chi connectivity index (χ1) is 17.6. The summed E-state index contributed by atoms with van der Waals surface area (Å²) in [5.74, 6) is -5.48. The smallest absolute Gasteiger partial charge is 0.289 e. The van der Waals surface area contributed by atoms with Gasteiger partial charge in [0.2, 0.25) is 11.7 Å². The van der Waals surface area contributed by atoms with Crippen molar-refractivity contribution < 1.29 is 28.4 Å². The van der Waals surface area contributed by atoms with Gasteiger partial charge in [-0.3, -0.25) is 28.9 Å². The lowest BCUT2D eigenvalue weighted by Crippen LogP contribution is -2.52. The molecule has 9 nitrogen and oxygen atoms in total. The zero-order valence-electron chi connectivity index (χ0n) is 20.0. The fourth-order valence-electron chi connectivity index (χ4n) is 4.47. The lowest BCUT2D eigenvalue weighted by Gasteiger charge is -2.33. The molecule has 4 N–H and O–H groups in total. The summed E-state index contributed by atoms with van der Waals surface area (Å²) in [5, 5.41) is 5.18. The van der Waals surface area contributed by atoms with E-state index in [0.717, 1.165) is 23.8 Å². The maximum absolute atomic E-state index is 14.3. The summed E-state index contributed by atoms with van der Waals surface area (Å²) in [7, 11) is 0. The predicted octanol–water partition coefficient (Wildman–Crippen LogP) is 2.36. The van der Waals surface area contributed by atoms with Gasteiger partial charge in [-0.15, -0.1) is 0 Å². The van der Waals surface area contributed by atoms with Crippen LogP contribution in [0.3, 0.4) is 0 Å². The number of Topliss-reactive ketones (excluding diaryl/α,β-unsaturated/α-hetero) is 1. The van der Waals surface area contributed by atoms with Gasteiger partial charge in [0.25, 0.3) is 17.7 Å². The van der Waals surface area contributed by atoms with Gasteiger partial charge >= 0.3 is 0 Å². The number of rotatable bonds is 9. The first-order valence-electron chi connectivity index (χ1n) is 11.9. The number of benzene rings is 2. The highest BCUT2D eigenvalue weighted by Gasteiger charge is 2.42. The van der Waals surface area contributed by atoms with Crippen molar-refractivity contribution in [1.29, 1.82) is 0 Å². The second-order valence-corrected chi connectivity index (χ2v) is 9.80. The number of nitrogens with zero attached hydrogens (tertiary/aromatic N) is 1. The Kier molecular flexibility index (Phi) is 7.58. The van der Waals surface area contributed by atoms with Crippen LogP contribution in [0.15, 0.2) is 42.5 Å². The molecule has 4 amide bonds. The van der Waals surface area contributed by atoms with Gasteiger partial charge in [0.1, 0.15) is 11.9 Å². The van der Waals surface area contributed by atoms with Crippen molar-refractivity contribution in [3.05, 3.63) is 64.4 Å². The summed E-state index contributed by atoms with van der Waals surface area (Å²) in [6, 6.07) is 7.40. The summed E-state index contributed by atoms with van der Waals surface area (Å²) >= 11 is 5.79. The molecule has 0 aromatic heterocycles. The Morgan fingerprint density at radius 2 is 1.89 bits per heavy atom. The minimum Gasteiger partial charge on any atom is -0.366 e. The molecule has 1 heterocycles.